The minimum atomic E-state index is 0.672. The van der Waals surface area contributed by atoms with Crippen molar-refractivity contribution in [2.24, 2.45) is 0 Å². The van der Waals surface area contributed by atoms with Crippen molar-refractivity contribution in [2.45, 2.75) is 20.1 Å². The van der Waals surface area contributed by atoms with Crippen LogP contribution in [0, 0.1) is 6.92 Å². The number of methoxy groups -OCH3 is 1. The maximum absolute atomic E-state index is 5.09. The molecule has 0 aliphatic rings. The molecule has 2 heteroatoms. The molecule has 0 amide bonds. The van der Waals surface area contributed by atoms with Crippen LogP contribution in [-0.4, -0.2) is 7.11 Å². The summed E-state index contributed by atoms with van der Waals surface area (Å²) in [5.41, 5.74) is 4.92. The van der Waals surface area contributed by atoms with Crippen molar-refractivity contribution in [2.75, 3.05) is 12.4 Å². The van der Waals surface area contributed by atoms with Crippen LogP contribution in [0.5, 0.6) is 0 Å². The molecule has 0 fully saturated rings. The average Bonchev–Trinajstić information content (AvgIpc) is 2.38. The quantitative estimate of drug-likeness (QED) is 0.860. The van der Waals surface area contributed by atoms with Crippen LogP contribution in [0.3, 0.4) is 0 Å². The highest BCUT2D eigenvalue weighted by Gasteiger charge is 1.96. The molecule has 18 heavy (non-hydrogen) atoms. The van der Waals surface area contributed by atoms with Crippen molar-refractivity contribution in [3.8, 4) is 0 Å². The Morgan fingerprint density at radius 1 is 1.00 bits per heavy atom. The fourth-order valence-electron chi connectivity index (χ4n) is 1.88. The molecular formula is C16H19NO. The zero-order valence-corrected chi connectivity index (χ0v) is 10.9. The van der Waals surface area contributed by atoms with E-state index in [-0.39, 0.29) is 0 Å². The van der Waals surface area contributed by atoms with Crippen LogP contribution < -0.4 is 5.32 Å². The van der Waals surface area contributed by atoms with Gasteiger partial charge in [0.15, 0.2) is 0 Å². The van der Waals surface area contributed by atoms with E-state index in [9.17, 15) is 0 Å². The zero-order chi connectivity index (χ0) is 12.8. The lowest BCUT2D eigenvalue weighted by atomic mass is 10.1. The van der Waals surface area contributed by atoms with Crippen LogP contribution >= 0.6 is 0 Å². The fraction of sp³-hybridized carbons (Fsp3) is 0.250. The predicted molar refractivity (Wildman–Crippen MR) is 75.7 cm³/mol. The molecule has 2 aromatic rings. The second-order valence-corrected chi connectivity index (χ2v) is 4.47. The highest BCUT2D eigenvalue weighted by atomic mass is 16.5. The van der Waals surface area contributed by atoms with Gasteiger partial charge in [0.05, 0.1) is 6.61 Å². The number of ether oxygens (including phenoxy) is 1. The highest BCUT2D eigenvalue weighted by Crippen LogP contribution is 2.12. The lowest BCUT2D eigenvalue weighted by Crippen LogP contribution is -1.99. The summed E-state index contributed by atoms with van der Waals surface area (Å²) in [5.74, 6) is 0. The second-order valence-electron chi connectivity index (χ2n) is 4.47. The van der Waals surface area contributed by atoms with Gasteiger partial charge in [0.2, 0.25) is 0 Å². The topological polar surface area (TPSA) is 21.3 Å². The molecule has 94 valence electrons. The smallest absolute Gasteiger partial charge is 0.0713 e. The van der Waals surface area contributed by atoms with Gasteiger partial charge in [-0.1, -0.05) is 36.4 Å². The van der Waals surface area contributed by atoms with E-state index in [0.717, 1.165) is 12.2 Å². The summed E-state index contributed by atoms with van der Waals surface area (Å²) in [7, 11) is 1.72. The monoisotopic (exact) mass is 241 g/mol. The molecule has 1 N–H and O–H groups in total. The fourth-order valence-corrected chi connectivity index (χ4v) is 1.88. The third kappa shape index (κ3) is 3.60. The van der Waals surface area contributed by atoms with E-state index in [2.05, 4.69) is 60.8 Å². The maximum atomic E-state index is 5.09. The number of aryl methyl sites for hydroxylation is 1. The molecule has 2 aromatic carbocycles. The van der Waals surface area contributed by atoms with Crippen molar-refractivity contribution in [3.05, 3.63) is 65.2 Å². The summed E-state index contributed by atoms with van der Waals surface area (Å²) < 4.78 is 5.09. The number of benzene rings is 2. The van der Waals surface area contributed by atoms with Gasteiger partial charge in [0.1, 0.15) is 0 Å². The van der Waals surface area contributed by atoms with Gasteiger partial charge in [-0.2, -0.15) is 0 Å². The third-order valence-electron chi connectivity index (χ3n) is 2.85. The summed E-state index contributed by atoms with van der Waals surface area (Å²) in [4.78, 5) is 0. The number of anilines is 1. The molecule has 0 aliphatic heterocycles. The molecule has 0 heterocycles. The van der Waals surface area contributed by atoms with Crippen molar-refractivity contribution < 1.29 is 4.74 Å². The Hall–Kier alpha value is -1.80. The molecule has 2 rings (SSSR count). The Labute approximate surface area is 109 Å². The molecule has 0 radical (unpaired) electrons. The zero-order valence-electron chi connectivity index (χ0n) is 10.9. The van der Waals surface area contributed by atoms with E-state index in [1.165, 1.54) is 16.7 Å². The lowest BCUT2D eigenvalue weighted by molar-refractivity contribution is 0.185. The standard InChI is InChI=1S/C16H19NO/c1-13-4-3-5-16(10-13)17-11-14-6-8-15(9-7-14)12-18-2/h3-10,17H,11-12H2,1-2H3. The molecule has 0 spiro atoms. The molecule has 0 unspecified atom stereocenters. The Bertz CT molecular complexity index is 491. The van der Waals surface area contributed by atoms with E-state index < -0.39 is 0 Å². The minimum Gasteiger partial charge on any atom is -0.381 e. The first kappa shape index (κ1) is 12.7. The number of hydrogen-bond donors (Lipinski definition) is 1. The molecule has 0 bridgehead atoms. The minimum absolute atomic E-state index is 0.672. The summed E-state index contributed by atoms with van der Waals surface area (Å²) in [6, 6.07) is 16.9. The third-order valence-corrected chi connectivity index (χ3v) is 2.85. The molecule has 0 atom stereocenters. The Balaban J connectivity index is 1.93. The molecule has 0 aromatic heterocycles. The maximum Gasteiger partial charge on any atom is 0.0713 e. The Morgan fingerprint density at radius 2 is 1.72 bits per heavy atom. The van der Waals surface area contributed by atoms with E-state index in [1.807, 2.05) is 0 Å². The normalized spacial score (nSPS) is 10.3. The van der Waals surface area contributed by atoms with Gasteiger partial charge >= 0.3 is 0 Å². The molecule has 0 saturated heterocycles. The largest absolute Gasteiger partial charge is 0.381 e. The lowest BCUT2D eigenvalue weighted by Gasteiger charge is -2.08. The van der Waals surface area contributed by atoms with E-state index >= 15 is 0 Å². The van der Waals surface area contributed by atoms with Gasteiger partial charge in [0, 0.05) is 19.3 Å². The van der Waals surface area contributed by atoms with Crippen LogP contribution in [0.2, 0.25) is 0 Å². The summed E-state index contributed by atoms with van der Waals surface area (Å²) >= 11 is 0. The second kappa shape index (κ2) is 6.22. The van der Waals surface area contributed by atoms with Gasteiger partial charge in [0.25, 0.3) is 0 Å². The SMILES string of the molecule is COCc1ccc(CNc2cccc(C)c2)cc1. The van der Waals surface area contributed by atoms with Crippen LogP contribution in [0.25, 0.3) is 0 Å². The van der Waals surface area contributed by atoms with E-state index in [4.69, 9.17) is 4.74 Å². The Morgan fingerprint density at radius 3 is 2.39 bits per heavy atom. The highest BCUT2D eigenvalue weighted by molar-refractivity contribution is 5.45. The van der Waals surface area contributed by atoms with Crippen LogP contribution in [-0.2, 0) is 17.9 Å². The first-order valence-electron chi connectivity index (χ1n) is 6.15. The first-order valence-corrected chi connectivity index (χ1v) is 6.15. The van der Waals surface area contributed by atoms with Crippen molar-refractivity contribution >= 4 is 5.69 Å². The van der Waals surface area contributed by atoms with Gasteiger partial charge in [-0.15, -0.1) is 0 Å². The van der Waals surface area contributed by atoms with Crippen LogP contribution in [0.15, 0.2) is 48.5 Å². The van der Waals surface area contributed by atoms with Crippen molar-refractivity contribution in [3.63, 3.8) is 0 Å². The van der Waals surface area contributed by atoms with Crippen LogP contribution in [0.1, 0.15) is 16.7 Å². The van der Waals surface area contributed by atoms with Crippen molar-refractivity contribution in [1.82, 2.24) is 0 Å². The van der Waals surface area contributed by atoms with Crippen LogP contribution in [0.4, 0.5) is 5.69 Å². The Kier molecular flexibility index (Phi) is 4.37. The molecule has 0 saturated carbocycles. The average molecular weight is 241 g/mol. The predicted octanol–water partition coefficient (Wildman–Crippen LogP) is 3.75. The molecule has 0 aliphatic carbocycles. The van der Waals surface area contributed by atoms with Gasteiger partial charge in [-0.05, 0) is 35.7 Å². The van der Waals surface area contributed by atoms with Gasteiger partial charge in [-0.3, -0.25) is 0 Å². The summed E-state index contributed by atoms with van der Waals surface area (Å²) in [6.07, 6.45) is 0. The summed E-state index contributed by atoms with van der Waals surface area (Å²) in [6.45, 7) is 3.62. The summed E-state index contributed by atoms with van der Waals surface area (Å²) in [5, 5.41) is 3.42. The van der Waals surface area contributed by atoms with Gasteiger partial charge < -0.3 is 10.1 Å². The van der Waals surface area contributed by atoms with Gasteiger partial charge in [-0.25, -0.2) is 0 Å². The molecular weight excluding hydrogens is 222 g/mol. The number of hydrogen-bond acceptors (Lipinski definition) is 2. The van der Waals surface area contributed by atoms with Crippen molar-refractivity contribution in [1.29, 1.82) is 0 Å². The van der Waals surface area contributed by atoms with E-state index in [1.54, 1.807) is 7.11 Å². The number of rotatable bonds is 5. The first-order chi connectivity index (χ1) is 8.78. The number of nitrogens with one attached hydrogen (secondary N) is 1. The molecule has 2 nitrogen and oxygen atoms in total. The van der Waals surface area contributed by atoms with E-state index in [0.29, 0.717) is 6.61 Å².